The fraction of sp³-hybridized carbons (Fsp3) is 0.125. The van der Waals surface area contributed by atoms with Crippen LogP contribution in [0.5, 0.6) is 0 Å². The predicted octanol–water partition coefficient (Wildman–Crippen LogP) is 2.68. The van der Waals surface area contributed by atoms with Crippen LogP contribution >= 0.6 is 24.2 Å². The van der Waals surface area contributed by atoms with Gasteiger partial charge in [0.05, 0.1) is 5.02 Å². The lowest BCUT2D eigenvalue weighted by atomic mass is 10.3. The van der Waals surface area contributed by atoms with Gasteiger partial charge in [0.2, 0.25) is 0 Å². The van der Waals surface area contributed by atoms with Crippen molar-refractivity contribution in [3.63, 3.8) is 0 Å². The zero-order chi connectivity index (χ0) is 8.10. The fourth-order valence-corrected chi connectivity index (χ4v) is 0.966. The normalized spacial score (nSPS) is 10.7. The van der Waals surface area contributed by atoms with Crippen molar-refractivity contribution in [3.05, 3.63) is 35.1 Å². The molecule has 0 saturated heterocycles. The van der Waals surface area contributed by atoms with Gasteiger partial charge in [-0.2, -0.15) is 12.6 Å². The monoisotopic (exact) mass is 185 g/mol. The van der Waals surface area contributed by atoms with Crippen LogP contribution in [0.15, 0.2) is 24.5 Å². The van der Waals surface area contributed by atoms with Gasteiger partial charge in [0.15, 0.2) is 0 Å². The van der Waals surface area contributed by atoms with E-state index in [1.165, 1.54) is 0 Å². The number of nitrogens with zero attached hydrogens (tertiary/aromatic N) is 1. The molecular formula is C8H8ClNS. The second-order valence-corrected chi connectivity index (χ2v) is 2.75. The van der Waals surface area contributed by atoms with Gasteiger partial charge in [0, 0.05) is 23.7 Å². The van der Waals surface area contributed by atoms with Crippen LogP contribution in [-0.4, -0.2) is 10.7 Å². The highest BCUT2D eigenvalue weighted by atomic mass is 35.5. The third-order valence-corrected chi connectivity index (χ3v) is 1.75. The fourth-order valence-electron chi connectivity index (χ4n) is 0.692. The molecule has 1 nitrogen and oxygen atoms in total. The first-order valence-corrected chi connectivity index (χ1v) is 4.22. The number of aromatic nitrogens is 1. The van der Waals surface area contributed by atoms with Gasteiger partial charge in [-0.3, -0.25) is 4.98 Å². The predicted molar refractivity (Wildman–Crippen MR) is 52.1 cm³/mol. The molecule has 0 fully saturated rings. The van der Waals surface area contributed by atoms with Gasteiger partial charge in [0.1, 0.15) is 0 Å². The first-order valence-electron chi connectivity index (χ1n) is 3.21. The molecule has 0 aliphatic rings. The van der Waals surface area contributed by atoms with Crippen LogP contribution in [-0.2, 0) is 0 Å². The van der Waals surface area contributed by atoms with Crippen molar-refractivity contribution in [2.45, 2.75) is 0 Å². The number of pyridine rings is 1. The second-order valence-electron chi connectivity index (χ2n) is 1.98. The van der Waals surface area contributed by atoms with Crippen molar-refractivity contribution in [1.82, 2.24) is 4.98 Å². The van der Waals surface area contributed by atoms with E-state index in [0.29, 0.717) is 5.75 Å². The molecule has 0 unspecified atom stereocenters. The Hall–Kier alpha value is -0.470. The molecule has 0 aliphatic carbocycles. The van der Waals surface area contributed by atoms with E-state index in [0.717, 1.165) is 10.6 Å². The van der Waals surface area contributed by atoms with Crippen molar-refractivity contribution >= 4 is 30.3 Å². The summed E-state index contributed by atoms with van der Waals surface area (Å²) >= 11 is 9.88. The molecule has 1 aromatic heterocycles. The molecule has 1 rings (SSSR count). The minimum absolute atomic E-state index is 0.714. The van der Waals surface area contributed by atoms with Gasteiger partial charge in [-0.25, -0.2) is 0 Å². The van der Waals surface area contributed by atoms with E-state index >= 15 is 0 Å². The summed E-state index contributed by atoms with van der Waals surface area (Å²) < 4.78 is 0. The molecule has 0 aliphatic heterocycles. The molecule has 0 saturated carbocycles. The molecule has 0 amide bonds. The average Bonchev–Trinajstić information content (AvgIpc) is 2.03. The maximum absolute atomic E-state index is 5.84. The third-order valence-electron chi connectivity index (χ3n) is 1.20. The van der Waals surface area contributed by atoms with E-state index < -0.39 is 0 Å². The number of hydrogen-bond acceptors (Lipinski definition) is 2. The molecule has 0 radical (unpaired) electrons. The quantitative estimate of drug-likeness (QED) is 0.700. The number of thiol groups is 1. The summed E-state index contributed by atoms with van der Waals surface area (Å²) in [5.41, 5.74) is 0.934. The van der Waals surface area contributed by atoms with E-state index in [1.54, 1.807) is 18.5 Å². The summed E-state index contributed by atoms with van der Waals surface area (Å²) in [6, 6.07) is 1.76. The van der Waals surface area contributed by atoms with E-state index in [4.69, 9.17) is 11.6 Å². The van der Waals surface area contributed by atoms with Crippen molar-refractivity contribution in [2.75, 3.05) is 5.75 Å². The Morgan fingerprint density at radius 1 is 1.64 bits per heavy atom. The van der Waals surface area contributed by atoms with E-state index in [-0.39, 0.29) is 0 Å². The second kappa shape index (κ2) is 4.42. The van der Waals surface area contributed by atoms with Gasteiger partial charge >= 0.3 is 0 Å². The van der Waals surface area contributed by atoms with Crippen LogP contribution in [0.25, 0.3) is 6.08 Å². The summed E-state index contributed by atoms with van der Waals surface area (Å²) in [7, 11) is 0. The Balaban J connectivity index is 2.86. The molecule has 0 atom stereocenters. The minimum atomic E-state index is 0.714. The molecule has 1 heterocycles. The van der Waals surface area contributed by atoms with E-state index in [9.17, 15) is 0 Å². The van der Waals surface area contributed by atoms with Crippen LogP contribution in [0.3, 0.4) is 0 Å². The van der Waals surface area contributed by atoms with Crippen molar-refractivity contribution in [1.29, 1.82) is 0 Å². The Bertz CT molecular complexity index is 260. The lowest BCUT2D eigenvalue weighted by Gasteiger charge is -1.93. The van der Waals surface area contributed by atoms with Crippen LogP contribution in [0, 0.1) is 0 Å². The van der Waals surface area contributed by atoms with E-state index in [1.807, 2.05) is 12.2 Å². The lowest BCUT2D eigenvalue weighted by molar-refractivity contribution is 1.32. The van der Waals surface area contributed by atoms with Gasteiger partial charge in [0.25, 0.3) is 0 Å². The summed E-state index contributed by atoms with van der Waals surface area (Å²) in [5.74, 6) is 0.714. The van der Waals surface area contributed by atoms with Crippen molar-refractivity contribution < 1.29 is 0 Å². The first kappa shape index (κ1) is 8.62. The Kier molecular flexibility index (Phi) is 3.46. The largest absolute Gasteiger partial charge is 0.264 e. The molecule has 58 valence electrons. The molecular weight excluding hydrogens is 178 g/mol. The van der Waals surface area contributed by atoms with Crippen LogP contribution < -0.4 is 0 Å². The standard InChI is InChI=1S/C8H8ClNS/c9-8-3-4-10-6-7(8)2-1-5-11/h1-4,6,11H,5H2. The molecule has 3 heteroatoms. The molecule has 0 spiro atoms. The summed E-state index contributed by atoms with van der Waals surface area (Å²) in [4.78, 5) is 3.94. The molecule has 0 N–H and O–H groups in total. The van der Waals surface area contributed by atoms with Crippen LogP contribution in [0.1, 0.15) is 5.56 Å². The SMILES string of the molecule is SCC=Cc1cnccc1Cl. The highest BCUT2D eigenvalue weighted by Crippen LogP contribution is 2.14. The highest BCUT2D eigenvalue weighted by Gasteiger charge is 1.92. The maximum atomic E-state index is 5.84. The minimum Gasteiger partial charge on any atom is -0.264 e. The van der Waals surface area contributed by atoms with E-state index in [2.05, 4.69) is 17.6 Å². The Morgan fingerprint density at radius 3 is 3.09 bits per heavy atom. The van der Waals surface area contributed by atoms with Crippen LogP contribution in [0.2, 0.25) is 5.02 Å². The van der Waals surface area contributed by atoms with Gasteiger partial charge < -0.3 is 0 Å². The molecule has 0 aromatic carbocycles. The zero-order valence-corrected chi connectivity index (χ0v) is 7.52. The molecule has 0 bridgehead atoms. The first-order chi connectivity index (χ1) is 5.34. The highest BCUT2D eigenvalue weighted by molar-refractivity contribution is 7.80. The van der Waals surface area contributed by atoms with Gasteiger partial charge in [-0.15, -0.1) is 0 Å². The smallest absolute Gasteiger partial charge is 0.0509 e. The third kappa shape index (κ3) is 2.56. The summed E-state index contributed by atoms with van der Waals surface area (Å²) in [6.07, 6.45) is 7.22. The van der Waals surface area contributed by atoms with Crippen molar-refractivity contribution in [2.24, 2.45) is 0 Å². The molecule has 11 heavy (non-hydrogen) atoms. The zero-order valence-electron chi connectivity index (χ0n) is 5.87. The number of hydrogen-bond donors (Lipinski definition) is 1. The van der Waals surface area contributed by atoms with Crippen molar-refractivity contribution in [3.8, 4) is 0 Å². The summed E-state index contributed by atoms with van der Waals surface area (Å²) in [5, 5.41) is 0.720. The van der Waals surface area contributed by atoms with Gasteiger partial charge in [-0.1, -0.05) is 23.8 Å². The number of halogens is 1. The average molecular weight is 186 g/mol. The van der Waals surface area contributed by atoms with Gasteiger partial charge in [-0.05, 0) is 6.07 Å². The summed E-state index contributed by atoms with van der Waals surface area (Å²) in [6.45, 7) is 0. The lowest BCUT2D eigenvalue weighted by Crippen LogP contribution is -1.76. The number of rotatable bonds is 2. The Labute approximate surface area is 76.5 Å². The maximum Gasteiger partial charge on any atom is 0.0509 e. The van der Waals surface area contributed by atoms with Crippen LogP contribution in [0.4, 0.5) is 0 Å². The molecule has 1 aromatic rings. The Morgan fingerprint density at radius 2 is 2.45 bits per heavy atom. The topological polar surface area (TPSA) is 12.9 Å².